The van der Waals surface area contributed by atoms with Crippen molar-refractivity contribution in [3.05, 3.63) is 23.7 Å². The Hall–Kier alpha value is -0.450. The van der Waals surface area contributed by atoms with Crippen LogP contribution in [-0.2, 0) is 13.1 Å². The maximum Gasteiger partial charge on any atom is 0.122 e. The van der Waals surface area contributed by atoms with Gasteiger partial charge in [-0.15, -0.1) is 0 Å². The first-order valence-corrected chi connectivity index (χ1v) is 8.90. The number of nitrogens with one attached hydrogen (secondary N) is 1. The molecule has 21 heavy (non-hydrogen) atoms. The monoisotopic (exact) mass is 310 g/mol. The van der Waals surface area contributed by atoms with Crippen LogP contribution in [0.4, 0.5) is 0 Å². The first-order chi connectivity index (χ1) is 9.75. The molecule has 2 heterocycles. The van der Waals surface area contributed by atoms with Crippen molar-refractivity contribution in [2.45, 2.75) is 64.4 Å². The fourth-order valence-electron chi connectivity index (χ4n) is 2.47. The lowest BCUT2D eigenvalue weighted by molar-refractivity contribution is 0.272. The summed E-state index contributed by atoms with van der Waals surface area (Å²) in [5.41, 5.74) is 1.45. The fraction of sp³-hybridized carbons (Fsp3) is 0.765. The van der Waals surface area contributed by atoms with Crippen LogP contribution in [0.2, 0.25) is 0 Å². The Kier molecular flexibility index (Phi) is 5.44. The molecule has 0 atom stereocenters. The Labute approximate surface area is 133 Å². The summed E-state index contributed by atoms with van der Waals surface area (Å²) in [5.74, 6) is 2.31. The van der Waals surface area contributed by atoms with Gasteiger partial charge in [0.15, 0.2) is 0 Å². The molecular weight excluding hydrogens is 280 g/mol. The smallest absolute Gasteiger partial charge is 0.122 e. The summed E-state index contributed by atoms with van der Waals surface area (Å²) in [7, 11) is 0. The van der Waals surface area contributed by atoms with E-state index in [-0.39, 0.29) is 5.54 Å². The van der Waals surface area contributed by atoms with Crippen LogP contribution in [0.25, 0.3) is 0 Å². The van der Waals surface area contributed by atoms with E-state index in [1.54, 1.807) is 0 Å². The number of furan rings is 1. The molecule has 1 saturated heterocycles. The lowest BCUT2D eigenvalue weighted by Gasteiger charge is -2.23. The van der Waals surface area contributed by atoms with Crippen LogP contribution >= 0.6 is 11.8 Å². The zero-order valence-corrected chi connectivity index (χ0v) is 15.0. The van der Waals surface area contributed by atoms with Gasteiger partial charge in [-0.25, -0.2) is 0 Å². The average Bonchev–Trinajstić information content (AvgIpc) is 2.72. The van der Waals surface area contributed by atoms with Crippen LogP contribution in [-0.4, -0.2) is 34.0 Å². The molecule has 0 aromatic carbocycles. The van der Waals surface area contributed by atoms with Gasteiger partial charge in [-0.1, -0.05) is 13.8 Å². The van der Waals surface area contributed by atoms with E-state index < -0.39 is 0 Å². The van der Waals surface area contributed by atoms with Crippen molar-refractivity contribution < 1.29 is 4.42 Å². The van der Waals surface area contributed by atoms with Gasteiger partial charge in [0.2, 0.25) is 0 Å². The molecule has 1 aromatic rings. The Morgan fingerprint density at radius 3 is 2.81 bits per heavy atom. The molecule has 2 rings (SSSR count). The lowest BCUT2D eigenvalue weighted by Crippen LogP contribution is -2.35. The number of rotatable bonds is 4. The zero-order chi connectivity index (χ0) is 15.5. The SMILES string of the molecule is CC(C)(C)NCc1occc1CN1CCSC(C)(C)CC1. The highest BCUT2D eigenvalue weighted by Crippen LogP contribution is 2.31. The van der Waals surface area contributed by atoms with Crippen molar-refractivity contribution in [3.63, 3.8) is 0 Å². The molecule has 0 amide bonds. The Morgan fingerprint density at radius 1 is 1.33 bits per heavy atom. The first-order valence-electron chi connectivity index (χ1n) is 7.92. The molecule has 0 aliphatic carbocycles. The third kappa shape index (κ3) is 5.68. The average molecular weight is 311 g/mol. The highest BCUT2D eigenvalue weighted by molar-refractivity contribution is 8.00. The number of thioether (sulfide) groups is 1. The Bertz CT molecular complexity index is 448. The highest BCUT2D eigenvalue weighted by atomic mass is 32.2. The van der Waals surface area contributed by atoms with Gasteiger partial charge < -0.3 is 9.73 Å². The summed E-state index contributed by atoms with van der Waals surface area (Å²) in [4.78, 5) is 2.56. The second kappa shape index (κ2) is 6.76. The van der Waals surface area contributed by atoms with Crippen LogP contribution in [0.5, 0.6) is 0 Å². The third-order valence-electron chi connectivity index (χ3n) is 3.94. The quantitative estimate of drug-likeness (QED) is 0.913. The standard InChI is InChI=1S/C17H30N2OS/c1-16(2,3)18-12-15-14(6-10-20-15)13-19-8-7-17(4,5)21-11-9-19/h6,10,18H,7-9,11-13H2,1-5H3. The van der Waals surface area contributed by atoms with E-state index in [0.29, 0.717) is 4.75 Å². The lowest BCUT2D eigenvalue weighted by atomic mass is 10.1. The molecule has 0 radical (unpaired) electrons. The second-order valence-electron chi connectivity index (χ2n) is 7.61. The molecule has 0 spiro atoms. The van der Waals surface area contributed by atoms with Crippen molar-refractivity contribution in [2.75, 3.05) is 18.8 Å². The number of hydrogen-bond acceptors (Lipinski definition) is 4. The van der Waals surface area contributed by atoms with Crippen molar-refractivity contribution in [1.82, 2.24) is 10.2 Å². The van der Waals surface area contributed by atoms with E-state index in [1.165, 1.54) is 30.8 Å². The Morgan fingerprint density at radius 2 is 2.10 bits per heavy atom. The maximum atomic E-state index is 5.68. The van der Waals surface area contributed by atoms with Crippen molar-refractivity contribution >= 4 is 11.8 Å². The summed E-state index contributed by atoms with van der Waals surface area (Å²) in [6.45, 7) is 15.4. The summed E-state index contributed by atoms with van der Waals surface area (Å²) in [6, 6.07) is 2.13. The van der Waals surface area contributed by atoms with E-state index >= 15 is 0 Å². The minimum atomic E-state index is 0.118. The molecule has 120 valence electrons. The van der Waals surface area contributed by atoms with Gasteiger partial charge in [0.05, 0.1) is 12.8 Å². The van der Waals surface area contributed by atoms with Gasteiger partial charge >= 0.3 is 0 Å². The van der Waals surface area contributed by atoms with E-state index in [2.05, 4.69) is 62.7 Å². The van der Waals surface area contributed by atoms with Crippen molar-refractivity contribution in [3.8, 4) is 0 Å². The number of hydrogen-bond donors (Lipinski definition) is 1. The predicted octanol–water partition coefficient (Wildman–Crippen LogP) is 3.89. The van der Waals surface area contributed by atoms with E-state index in [0.717, 1.165) is 18.8 Å². The largest absolute Gasteiger partial charge is 0.468 e. The molecule has 3 nitrogen and oxygen atoms in total. The van der Waals surface area contributed by atoms with E-state index in [1.807, 2.05) is 6.26 Å². The van der Waals surface area contributed by atoms with E-state index in [9.17, 15) is 0 Å². The summed E-state index contributed by atoms with van der Waals surface area (Å²) >= 11 is 2.10. The third-order valence-corrected chi connectivity index (χ3v) is 5.31. The minimum Gasteiger partial charge on any atom is -0.468 e. The molecule has 1 aliphatic heterocycles. The van der Waals surface area contributed by atoms with Gasteiger partial charge in [-0.3, -0.25) is 4.90 Å². The molecule has 1 aliphatic rings. The first kappa shape index (κ1) is 16.9. The van der Waals surface area contributed by atoms with Crippen LogP contribution in [0.15, 0.2) is 16.7 Å². The minimum absolute atomic E-state index is 0.118. The van der Waals surface area contributed by atoms with E-state index in [4.69, 9.17) is 4.42 Å². The van der Waals surface area contributed by atoms with Crippen LogP contribution in [0.1, 0.15) is 52.4 Å². The molecule has 0 unspecified atom stereocenters. The molecule has 4 heteroatoms. The summed E-state index contributed by atoms with van der Waals surface area (Å²) in [6.07, 6.45) is 3.08. The predicted molar refractivity (Wildman–Crippen MR) is 91.7 cm³/mol. The van der Waals surface area contributed by atoms with Gasteiger partial charge in [0.25, 0.3) is 0 Å². The zero-order valence-electron chi connectivity index (χ0n) is 14.2. The Balaban J connectivity index is 1.92. The summed E-state index contributed by atoms with van der Waals surface area (Å²) < 4.78 is 6.10. The van der Waals surface area contributed by atoms with Gasteiger partial charge in [-0.05, 0) is 39.8 Å². The number of nitrogens with zero attached hydrogens (tertiary/aromatic N) is 1. The second-order valence-corrected chi connectivity index (χ2v) is 9.41. The molecule has 0 bridgehead atoms. The maximum absolute atomic E-state index is 5.68. The highest BCUT2D eigenvalue weighted by Gasteiger charge is 2.24. The van der Waals surface area contributed by atoms with Gasteiger partial charge in [0, 0.05) is 34.7 Å². The molecule has 1 fully saturated rings. The molecule has 1 N–H and O–H groups in total. The van der Waals surface area contributed by atoms with Crippen LogP contribution in [0, 0.1) is 0 Å². The van der Waals surface area contributed by atoms with Crippen LogP contribution in [0.3, 0.4) is 0 Å². The van der Waals surface area contributed by atoms with Crippen molar-refractivity contribution in [1.29, 1.82) is 0 Å². The fourth-order valence-corrected chi connectivity index (χ4v) is 3.61. The molecule has 1 aromatic heterocycles. The van der Waals surface area contributed by atoms with Crippen molar-refractivity contribution in [2.24, 2.45) is 0 Å². The summed E-state index contributed by atoms with van der Waals surface area (Å²) in [5, 5.41) is 3.51. The normalized spacial score (nSPS) is 20.4. The molecular formula is C17H30N2OS. The van der Waals surface area contributed by atoms with Crippen LogP contribution < -0.4 is 5.32 Å². The van der Waals surface area contributed by atoms with Gasteiger partial charge in [-0.2, -0.15) is 11.8 Å². The molecule has 0 saturated carbocycles. The van der Waals surface area contributed by atoms with Gasteiger partial charge in [0.1, 0.15) is 5.76 Å². The topological polar surface area (TPSA) is 28.4 Å².